The molecule has 2 aromatic rings. The van der Waals surface area contributed by atoms with Crippen molar-refractivity contribution in [1.29, 1.82) is 0 Å². The van der Waals surface area contributed by atoms with Gasteiger partial charge < -0.3 is 20.3 Å². The quantitative estimate of drug-likeness (QED) is 0.912. The van der Waals surface area contributed by atoms with Crippen molar-refractivity contribution >= 4 is 27.9 Å². The average Bonchev–Trinajstić information content (AvgIpc) is 3.17. The van der Waals surface area contributed by atoms with Crippen molar-refractivity contribution in [1.82, 2.24) is 4.37 Å². The Kier molecular flexibility index (Phi) is 3.64. The number of anilines is 3. The molecule has 3 heterocycles. The van der Waals surface area contributed by atoms with Gasteiger partial charge in [0.2, 0.25) is 0 Å². The van der Waals surface area contributed by atoms with Crippen LogP contribution in [0.2, 0.25) is 0 Å². The summed E-state index contributed by atoms with van der Waals surface area (Å²) in [5.41, 5.74) is 11.1. The molecule has 0 unspecified atom stereocenters. The first-order valence-electron chi connectivity index (χ1n) is 9.17. The van der Waals surface area contributed by atoms with Crippen LogP contribution in [-0.4, -0.2) is 37.2 Å². The summed E-state index contributed by atoms with van der Waals surface area (Å²) in [6.45, 7) is 2.86. The Morgan fingerprint density at radius 3 is 2.88 bits per heavy atom. The molecule has 0 amide bonds. The van der Waals surface area contributed by atoms with E-state index in [1.54, 1.807) is 11.5 Å². The second-order valence-corrected chi connectivity index (χ2v) is 8.18. The minimum absolute atomic E-state index is 0.591. The Hall–Kier alpha value is -1.79. The lowest BCUT2D eigenvalue weighted by Gasteiger charge is -2.34. The number of hydrogen-bond acceptors (Lipinski definition) is 6. The summed E-state index contributed by atoms with van der Waals surface area (Å²) >= 11 is 1.62. The summed E-state index contributed by atoms with van der Waals surface area (Å²) in [4.78, 5) is 4.95. The molecule has 2 aliphatic heterocycles. The van der Waals surface area contributed by atoms with Crippen LogP contribution in [0.1, 0.15) is 30.4 Å². The maximum absolute atomic E-state index is 5.99. The maximum atomic E-state index is 5.99. The third kappa shape index (κ3) is 2.42. The van der Waals surface area contributed by atoms with Gasteiger partial charge in [-0.1, -0.05) is 6.07 Å². The Bertz CT molecular complexity index is 801. The van der Waals surface area contributed by atoms with E-state index in [1.807, 2.05) is 13.3 Å². The lowest BCUT2D eigenvalue weighted by Crippen LogP contribution is -2.27. The van der Waals surface area contributed by atoms with Crippen LogP contribution in [0.4, 0.5) is 16.4 Å². The van der Waals surface area contributed by atoms with Gasteiger partial charge >= 0.3 is 0 Å². The van der Waals surface area contributed by atoms with Gasteiger partial charge in [0.15, 0.2) is 5.75 Å². The van der Waals surface area contributed by atoms with E-state index in [1.165, 1.54) is 46.8 Å². The molecular weight excluding hydrogens is 332 g/mol. The molecule has 2 N–H and O–H groups in total. The highest BCUT2D eigenvalue weighted by Crippen LogP contribution is 2.53. The van der Waals surface area contributed by atoms with E-state index in [-0.39, 0.29) is 0 Å². The monoisotopic (exact) mass is 356 g/mol. The van der Waals surface area contributed by atoms with Gasteiger partial charge in [0, 0.05) is 37.3 Å². The fourth-order valence-electron chi connectivity index (χ4n) is 4.26. The lowest BCUT2D eigenvalue weighted by molar-refractivity contribution is 0.414. The number of hydrogen-bond donors (Lipinski definition) is 1. The molecule has 0 bridgehead atoms. The molecule has 1 aromatic heterocycles. The highest BCUT2D eigenvalue weighted by Gasteiger charge is 2.39. The first-order valence-corrected chi connectivity index (χ1v) is 9.95. The van der Waals surface area contributed by atoms with Gasteiger partial charge in [0.1, 0.15) is 5.00 Å². The number of rotatable bonds is 4. The molecule has 25 heavy (non-hydrogen) atoms. The first kappa shape index (κ1) is 15.5. The van der Waals surface area contributed by atoms with E-state index in [0.29, 0.717) is 12.0 Å². The molecule has 1 aliphatic carbocycles. The molecule has 3 aliphatic rings. The zero-order valence-corrected chi connectivity index (χ0v) is 15.4. The Morgan fingerprint density at radius 1 is 1.28 bits per heavy atom. The summed E-state index contributed by atoms with van der Waals surface area (Å²) in [6, 6.07) is 5.13. The molecule has 1 atom stereocenters. The van der Waals surface area contributed by atoms with Crippen LogP contribution in [0.5, 0.6) is 5.75 Å². The van der Waals surface area contributed by atoms with Crippen molar-refractivity contribution in [2.75, 3.05) is 36.5 Å². The molecular formula is C19H24N4OS. The summed E-state index contributed by atoms with van der Waals surface area (Å²) in [7, 11) is 1.81. The normalized spacial score (nSPS) is 22.1. The fourth-order valence-corrected chi connectivity index (χ4v) is 5.11. The molecule has 132 valence electrons. The van der Waals surface area contributed by atoms with Gasteiger partial charge in [-0.2, -0.15) is 4.37 Å². The van der Waals surface area contributed by atoms with Crippen LogP contribution in [-0.2, 0) is 6.42 Å². The fraction of sp³-hybridized carbons (Fsp3) is 0.526. The van der Waals surface area contributed by atoms with Gasteiger partial charge in [-0.05, 0) is 54.9 Å². The first-order chi connectivity index (χ1) is 12.3. The smallest absolute Gasteiger partial charge is 0.166 e. The molecule has 5 rings (SSSR count). The van der Waals surface area contributed by atoms with Gasteiger partial charge in [-0.3, -0.25) is 0 Å². The second-order valence-electron chi connectivity index (χ2n) is 7.40. The molecule has 1 saturated carbocycles. The number of nitrogens with two attached hydrogens (primary N) is 1. The van der Waals surface area contributed by atoms with Crippen LogP contribution in [0.25, 0.3) is 0 Å². The second kappa shape index (κ2) is 5.88. The van der Waals surface area contributed by atoms with E-state index < -0.39 is 0 Å². The van der Waals surface area contributed by atoms with Crippen LogP contribution in [0, 0.1) is 5.92 Å². The number of nitrogens with zero attached hydrogens (tertiary/aromatic N) is 3. The predicted molar refractivity (Wildman–Crippen MR) is 102 cm³/mol. The lowest BCUT2D eigenvalue weighted by atomic mass is 9.98. The van der Waals surface area contributed by atoms with Crippen molar-refractivity contribution in [2.24, 2.45) is 11.7 Å². The maximum Gasteiger partial charge on any atom is 0.166 e. The van der Waals surface area contributed by atoms with Gasteiger partial charge in [0.25, 0.3) is 0 Å². The third-order valence-electron chi connectivity index (χ3n) is 5.73. The summed E-state index contributed by atoms with van der Waals surface area (Å²) in [6.07, 6.45) is 6.66. The van der Waals surface area contributed by atoms with Gasteiger partial charge in [-0.15, -0.1) is 0 Å². The number of fused-ring (bicyclic) bond motifs is 2. The molecule has 5 nitrogen and oxygen atoms in total. The summed E-state index contributed by atoms with van der Waals surface area (Å²) < 4.78 is 10.5. The van der Waals surface area contributed by atoms with Crippen LogP contribution >= 0.6 is 11.5 Å². The highest BCUT2D eigenvalue weighted by molar-refractivity contribution is 7.10. The standard InChI is InChI=1S/C19H24N4OS/c1-24-18-16(22-7-6-12(9-20)11-22)5-2-13-8-14-10-21-25-19(14)23(17(13)18)15-3-4-15/h2,5,10,12,15H,3-4,6-9,11,20H2,1H3/t12-/m0/s1. The van der Waals surface area contributed by atoms with Crippen molar-refractivity contribution < 1.29 is 4.74 Å². The largest absolute Gasteiger partial charge is 0.492 e. The highest BCUT2D eigenvalue weighted by atomic mass is 32.1. The summed E-state index contributed by atoms with van der Waals surface area (Å²) in [5.74, 6) is 1.62. The van der Waals surface area contributed by atoms with Crippen molar-refractivity contribution in [3.63, 3.8) is 0 Å². The van der Waals surface area contributed by atoms with Crippen molar-refractivity contribution in [3.05, 3.63) is 29.5 Å². The Balaban J connectivity index is 1.61. The van der Waals surface area contributed by atoms with E-state index in [4.69, 9.17) is 10.5 Å². The van der Waals surface area contributed by atoms with E-state index >= 15 is 0 Å². The van der Waals surface area contributed by atoms with E-state index in [0.717, 1.165) is 31.8 Å². The van der Waals surface area contributed by atoms with Crippen molar-refractivity contribution in [3.8, 4) is 5.75 Å². The minimum atomic E-state index is 0.591. The zero-order valence-electron chi connectivity index (χ0n) is 14.6. The Morgan fingerprint density at radius 2 is 2.16 bits per heavy atom. The third-order valence-corrected chi connectivity index (χ3v) is 6.58. The molecule has 0 spiro atoms. The topological polar surface area (TPSA) is 54.6 Å². The predicted octanol–water partition coefficient (Wildman–Crippen LogP) is 3.14. The van der Waals surface area contributed by atoms with Crippen LogP contribution in [0.15, 0.2) is 18.3 Å². The number of ether oxygens (including phenoxy) is 1. The van der Waals surface area contributed by atoms with E-state index in [2.05, 4.69) is 26.3 Å². The van der Waals surface area contributed by atoms with Crippen molar-refractivity contribution in [2.45, 2.75) is 31.7 Å². The molecule has 2 fully saturated rings. The molecule has 6 heteroatoms. The SMILES string of the molecule is COc1c(N2CC[C@@H](CN)C2)ccc2c1N(C1CC1)c1sncc1C2. The molecule has 1 aromatic carbocycles. The molecule has 0 radical (unpaired) electrons. The number of methoxy groups -OCH3 is 1. The van der Waals surface area contributed by atoms with Crippen LogP contribution < -0.4 is 20.3 Å². The van der Waals surface area contributed by atoms with E-state index in [9.17, 15) is 0 Å². The van der Waals surface area contributed by atoms with Gasteiger partial charge in [-0.25, -0.2) is 0 Å². The summed E-state index contributed by atoms with van der Waals surface area (Å²) in [5, 5.41) is 1.31. The minimum Gasteiger partial charge on any atom is -0.492 e. The zero-order chi connectivity index (χ0) is 17.0. The number of benzene rings is 1. The van der Waals surface area contributed by atoms with Crippen LogP contribution in [0.3, 0.4) is 0 Å². The average molecular weight is 356 g/mol. The Labute approximate surface area is 152 Å². The van der Waals surface area contributed by atoms with Gasteiger partial charge in [0.05, 0.1) is 18.5 Å². The molecule has 1 saturated heterocycles. The number of aromatic nitrogens is 1.